The predicted molar refractivity (Wildman–Crippen MR) is 69.1 cm³/mol. The summed E-state index contributed by atoms with van der Waals surface area (Å²) in [4.78, 5) is 4.37. The summed E-state index contributed by atoms with van der Waals surface area (Å²) in [6.07, 6.45) is 13.7. The van der Waals surface area contributed by atoms with Gasteiger partial charge in [0.05, 0.1) is 6.33 Å². The molecule has 1 N–H and O–H groups in total. The number of rotatable bonds is 3. The predicted octanol–water partition coefficient (Wildman–Crippen LogP) is 2.68. The van der Waals surface area contributed by atoms with Gasteiger partial charge in [-0.3, -0.25) is 0 Å². The van der Waals surface area contributed by atoms with Crippen LogP contribution in [0.1, 0.15) is 56.6 Å². The van der Waals surface area contributed by atoms with Crippen molar-refractivity contribution >= 4 is 0 Å². The largest absolute Gasteiger partial charge is 0.333 e. The molecule has 0 bridgehead atoms. The van der Waals surface area contributed by atoms with E-state index in [2.05, 4.69) is 21.1 Å². The molecule has 1 aromatic rings. The topological polar surface area (TPSA) is 29.9 Å². The zero-order chi connectivity index (χ0) is 11.5. The summed E-state index contributed by atoms with van der Waals surface area (Å²) < 4.78 is 2.40. The van der Waals surface area contributed by atoms with E-state index in [4.69, 9.17) is 0 Å². The van der Waals surface area contributed by atoms with E-state index in [0.717, 1.165) is 12.5 Å². The van der Waals surface area contributed by atoms with E-state index in [1.807, 2.05) is 6.33 Å². The van der Waals surface area contributed by atoms with Crippen molar-refractivity contribution in [1.29, 1.82) is 0 Å². The van der Waals surface area contributed by atoms with Crippen LogP contribution in [-0.2, 0) is 6.54 Å². The number of aromatic nitrogens is 2. The van der Waals surface area contributed by atoms with Crippen LogP contribution in [0, 0.1) is 0 Å². The summed E-state index contributed by atoms with van der Waals surface area (Å²) in [7, 11) is 0. The Balaban J connectivity index is 1.69. The quantitative estimate of drug-likeness (QED) is 0.870. The molecular formula is C14H23N3. The van der Waals surface area contributed by atoms with Crippen LogP contribution < -0.4 is 5.32 Å². The van der Waals surface area contributed by atoms with E-state index >= 15 is 0 Å². The fourth-order valence-corrected chi connectivity index (χ4v) is 3.37. The average molecular weight is 233 g/mol. The minimum atomic E-state index is 0.673. The first-order chi connectivity index (χ1) is 8.43. The molecule has 3 rings (SSSR count). The number of hydrogen-bond acceptors (Lipinski definition) is 2. The van der Waals surface area contributed by atoms with Crippen molar-refractivity contribution in [1.82, 2.24) is 14.9 Å². The van der Waals surface area contributed by atoms with Gasteiger partial charge in [-0.15, -0.1) is 0 Å². The lowest BCUT2D eigenvalue weighted by molar-refractivity contribution is 0.411. The monoisotopic (exact) mass is 233 g/mol. The normalized spacial score (nSPS) is 26.5. The van der Waals surface area contributed by atoms with Gasteiger partial charge in [0.15, 0.2) is 0 Å². The summed E-state index contributed by atoms with van der Waals surface area (Å²) in [6, 6.07) is 0.673. The zero-order valence-corrected chi connectivity index (χ0v) is 10.6. The van der Waals surface area contributed by atoms with Crippen LogP contribution in [0.5, 0.6) is 0 Å². The highest BCUT2D eigenvalue weighted by Crippen LogP contribution is 2.32. The van der Waals surface area contributed by atoms with Gasteiger partial charge in [0.1, 0.15) is 0 Å². The molecule has 0 amide bonds. The minimum absolute atomic E-state index is 0.673. The fraction of sp³-hybridized carbons (Fsp3) is 0.786. The maximum absolute atomic E-state index is 4.37. The van der Waals surface area contributed by atoms with E-state index in [-0.39, 0.29) is 0 Å². The Kier molecular flexibility index (Phi) is 3.46. The molecule has 1 aromatic heterocycles. The van der Waals surface area contributed by atoms with Crippen LogP contribution in [0.25, 0.3) is 0 Å². The van der Waals surface area contributed by atoms with Gasteiger partial charge in [-0.2, -0.15) is 0 Å². The SMILES string of the molecule is c1ncn(CC2CCCN2)c1C1CCCCC1. The van der Waals surface area contributed by atoms with E-state index in [1.165, 1.54) is 57.2 Å². The molecule has 0 radical (unpaired) electrons. The summed E-state index contributed by atoms with van der Waals surface area (Å²) in [5, 5.41) is 3.58. The van der Waals surface area contributed by atoms with Gasteiger partial charge in [0.2, 0.25) is 0 Å². The standard InChI is InChI=1S/C14H23N3/c1-2-5-12(6-3-1)14-9-15-11-17(14)10-13-7-4-8-16-13/h9,11-13,16H,1-8,10H2. The van der Waals surface area contributed by atoms with Crippen LogP contribution in [-0.4, -0.2) is 22.1 Å². The Bertz CT molecular complexity index is 346. The first-order valence-corrected chi connectivity index (χ1v) is 7.17. The van der Waals surface area contributed by atoms with E-state index in [9.17, 15) is 0 Å². The summed E-state index contributed by atoms with van der Waals surface area (Å²) >= 11 is 0. The Labute approximate surface area is 104 Å². The molecule has 1 saturated heterocycles. The van der Waals surface area contributed by atoms with Crippen molar-refractivity contribution in [3.63, 3.8) is 0 Å². The fourth-order valence-electron chi connectivity index (χ4n) is 3.37. The molecule has 1 aliphatic carbocycles. The third-order valence-electron chi connectivity index (χ3n) is 4.35. The molecule has 1 atom stereocenters. The van der Waals surface area contributed by atoms with Crippen LogP contribution >= 0.6 is 0 Å². The summed E-state index contributed by atoms with van der Waals surface area (Å²) in [5.41, 5.74) is 1.48. The molecule has 0 spiro atoms. The van der Waals surface area contributed by atoms with Gasteiger partial charge in [0.25, 0.3) is 0 Å². The highest BCUT2D eigenvalue weighted by molar-refractivity contribution is 5.07. The molecule has 0 aromatic carbocycles. The molecule has 3 nitrogen and oxygen atoms in total. The number of imidazole rings is 1. The molecular weight excluding hydrogens is 210 g/mol. The molecule has 3 heteroatoms. The van der Waals surface area contributed by atoms with Crippen molar-refractivity contribution in [3.8, 4) is 0 Å². The van der Waals surface area contributed by atoms with Crippen LogP contribution in [0.15, 0.2) is 12.5 Å². The average Bonchev–Trinajstić information content (AvgIpc) is 3.02. The molecule has 2 aliphatic rings. The third-order valence-corrected chi connectivity index (χ3v) is 4.35. The number of nitrogens with zero attached hydrogens (tertiary/aromatic N) is 2. The smallest absolute Gasteiger partial charge is 0.0948 e. The van der Waals surface area contributed by atoms with Gasteiger partial charge in [0, 0.05) is 30.4 Å². The van der Waals surface area contributed by atoms with E-state index in [0.29, 0.717) is 6.04 Å². The number of hydrogen-bond donors (Lipinski definition) is 1. The third kappa shape index (κ3) is 2.54. The molecule has 1 saturated carbocycles. The number of nitrogens with one attached hydrogen (secondary N) is 1. The molecule has 17 heavy (non-hydrogen) atoms. The van der Waals surface area contributed by atoms with E-state index < -0.39 is 0 Å². The zero-order valence-electron chi connectivity index (χ0n) is 10.6. The molecule has 1 unspecified atom stereocenters. The second-order valence-electron chi connectivity index (χ2n) is 5.60. The highest BCUT2D eigenvalue weighted by atomic mass is 15.1. The van der Waals surface area contributed by atoms with Gasteiger partial charge >= 0.3 is 0 Å². The first kappa shape index (κ1) is 11.3. The summed E-state index contributed by atoms with van der Waals surface area (Å²) in [5.74, 6) is 0.771. The summed E-state index contributed by atoms with van der Waals surface area (Å²) in [6.45, 7) is 2.31. The van der Waals surface area contributed by atoms with Crippen molar-refractivity contribution in [2.45, 2.75) is 63.5 Å². The van der Waals surface area contributed by atoms with Gasteiger partial charge < -0.3 is 9.88 Å². The lowest BCUT2D eigenvalue weighted by Gasteiger charge is -2.23. The van der Waals surface area contributed by atoms with Crippen LogP contribution in [0.3, 0.4) is 0 Å². The van der Waals surface area contributed by atoms with Crippen molar-refractivity contribution in [2.75, 3.05) is 6.54 Å². The molecule has 2 heterocycles. The lowest BCUT2D eigenvalue weighted by atomic mass is 9.87. The van der Waals surface area contributed by atoms with Crippen molar-refractivity contribution in [3.05, 3.63) is 18.2 Å². The van der Waals surface area contributed by atoms with Crippen molar-refractivity contribution in [2.24, 2.45) is 0 Å². The Morgan fingerprint density at radius 1 is 1.18 bits per heavy atom. The Morgan fingerprint density at radius 3 is 2.82 bits per heavy atom. The Hall–Kier alpha value is -0.830. The minimum Gasteiger partial charge on any atom is -0.333 e. The van der Waals surface area contributed by atoms with Crippen LogP contribution in [0.4, 0.5) is 0 Å². The molecule has 1 aliphatic heterocycles. The Morgan fingerprint density at radius 2 is 2.06 bits per heavy atom. The maximum atomic E-state index is 4.37. The second-order valence-corrected chi connectivity index (χ2v) is 5.60. The molecule has 94 valence electrons. The second kappa shape index (κ2) is 5.21. The first-order valence-electron chi connectivity index (χ1n) is 7.17. The van der Waals surface area contributed by atoms with Gasteiger partial charge in [-0.05, 0) is 32.2 Å². The van der Waals surface area contributed by atoms with Gasteiger partial charge in [-0.25, -0.2) is 4.98 Å². The maximum Gasteiger partial charge on any atom is 0.0948 e. The van der Waals surface area contributed by atoms with Gasteiger partial charge in [-0.1, -0.05) is 19.3 Å². The van der Waals surface area contributed by atoms with Crippen molar-refractivity contribution < 1.29 is 0 Å². The highest BCUT2D eigenvalue weighted by Gasteiger charge is 2.21. The lowest BCUT2D eigenvalue weighted by Crippen LogP contribution is -2.27. The van der Waals surface area contributed by atoms with Crippen LogP contribution in [0.2, 0.25) is 0 Å². The molecule has 2 fully saturated rings. The van der Waals surface area contributed by atoms with E-state index in [1.54, 1.807) is 0 Å².